The summed E-state index contributed by atoms with van der Waals surface area (Å²) in [7, 11) is 0. The number of hydrogen-bond donors (Lipinski definition) is 1. The first-order valence-corrected chi connectivity index (χ1v) is 10.5. The number of hydrogen-bond acceptors (Lipinski definition) is 5. The second kappa shape index (κ2) is 9.45. The molecule has 0 saturated heterocycles. The highest BCUT2D eigenvalue weighted by atomic mass is 35.5. The molecule has 1 atom stereocenters. The summed E-state index contributed by atoms with van der Waals surface area (Å²) in [5, 5.41) is 12.0. The molecule has 3 aromatic rings. The van der Waals surface area contributed by atoms with Crippen molar-refractivity contribution in [2.24, 2.45) is 0 Å². The predicted molar refractivity (Wildman–Crippen MR) is 115 cm³/mol. The molecule has 5 nitrogen and oxygen atoms in total. The fraction of sp³-hybridized carbons (Fsp3) is 0.333. The minimum Gasteiger partial charge on any atom is -0.491 e. The lowest BCUT2D eigenvalue weighted by atomic mass is 10.2. The first-order valence-electron chi connectivity index (χ1n) is 9.18. The van der Waals surface area contributed by atoms with E-state index in [1.54, 1.807) is 22.8 Å². The molecule has 0 saturated carbocycles. The van der Waals surface area contributed by atoms with Crippen LogP contribution in [-0.2, 0) is 6.54 Å². The van der Waals surface area contributed by atoms with Crippen LogP contribution in [0, 0.1) is 6.92 Å². The molecule has 0 radical (unpaired) electrons. The zero-order valence-corrected chi connectivity index (χ0v) is 17.5. The van der Waals surface area contributed by atoms with E-state index in [2.05, 4.69) is 4.98 Å². The van der Waals surface area contributed by atoms with Crippen molar-refractivity contribution in [3.8, 4) is 5.75 Å². The summed E-state index contributed by atoms with van der Waals surface area (Å²) in [6, 6.07) is 12.8. The number of aryl methyl sites for hydroxylation is 1. The van der Waals surface area contributed by atoms with E-state index in [4.69, 9.17) is 16.3 Å². The highest BCUT2D eigenvalue weighted by Gasteiger charge is 2.14. The average molecular weight is 419 g/mol. The number of thioether (sulfide) groups is 1. The summed E-state index contributed by atoms with van der Waals surface area (Å²) < 4.78 is 7.29. The van der Waals surface area contributed by atoms with Gasteiger partial charge >= 0.3 is 0 Å². The molecule has 1 N–H and O–H groups in total. The summed E-state index contributed by atoms with van der Waals surface area (Å²) in [6.07, 6.45) is 0.126. The monoisotopic (exact) mass is 418 g/mol. The van der Waals surface area contributed by atoms with Gasteiger partial charge in [0.25, 0.3) is 5.56 Å². The van der Waals surface area contributed by atoms with Gasteiger partial charge in [-0.2, -0.15) is 0 Å². The van der Waals surface area contributed by atoms with E-state index in [1.165, 1.54) is 11.8 Å². The van der Waals surface area contributed by atoms with Crippen LogP contribution in [0.25, 0.3) is 10.9 Å². The minimum absolute atomic E-state index is 0.0867. The molecule has 0 fully saturated rings. The number of nitrogens with zero attached hydrogens (tertiary/aromatic N) is 2. The number of ether oxygens (including phenoxy) is 1. The third-order valence-electron chi connectivity index (χ3n) is 4.20. The molecule has 0 spiro atoms. The Morgan fingerprint density at radius 2 is 2.00 bits per heavy atom. The molecule has 1 heterocycles. The van der Waals surface area contributed by atoms with Gasteiger partial charge in [0.05, 0.1) is 17.0 Å². The van der Waals surface area contributed by atoms with Crippen molar-refractivity contribution in [2.75, 3.05) is 12.4 Å². The van der Waals surface area contributed by atoms with Gasteiger partial charge in [-0.15, -0.1) is 0 Å². The number of aliphatic hydroxyl groups is 1. The predicted octanol–water partition coefficient (Wildman–Crippen LogP) is 4.30. The van der Waals surface area contributed by atoms with Crippen molar-refractivity contribution in [1.29, 1.82) is 0 Å². The van der Waals surface area contributed by atoms with Crippen LogP contribution in [0.5, 0.6) is 5.75 Å². The topological polar surface area (TPSA) is 64.3 Å². The Balaban J connectivity index is 1.72. The Bertz CT molecular complexity index is 1000. The van der Waals surface area contributed by atoms with Crippen LogP contribution in [0.3, 0.4) is 0 Å². The van der Waals surface area contributed by atoms with E-state index in [0.717, 1.165) is 17.7 Å². The highest BCUT2D eigenvalue weighted by molar-refractivity contribution is 7.99. The zero-order valence-electron chi connectivity index (χ0n) is 15.9. The fourth-order valence-corrected chi connectivity index (χ4v) is 3.85. The third kappa shape index (κ3) is 5.07. The maximum Gasteiger partial charge on any atom is 0.262 e. The maximum absolute atomic E-state index is 12.8. The standard InChI is InChI=1S/C21H23ClN2O3S/c1-3-10-24-20(26)18-9-6-15(22)11-19(18)23-21(24)28-13-16(25)12-27-17-7-4-14(2)5-8-17/h4-9,11,16,25H,3,10,12-13H2,1-2H3/t16-/m1/s1. The van der Waals surface area contributed by atoms with Crippen molar-refractivity contribution in [2.45, 2.75) is 38.1 Å². The Labute approximate surface area is 173 Å². The van der Waals surface area contributed by atoms with Crippen LogP contribution >= 0.6 is 23.4 Å². The smallest absolute Gasteiger partial charge is 0.262 e. The van der Waals surface area contributed by atoms with Gasteiger partial charge in [0, 0.05) is 17.3 Å². The van der Waals surface area contributed by atoms with Gasteiger partial charge in [-0.25, -0.2) is 4.98 Å². The summed E-state index contributed by atoms with van der Waals surface area (Å²) >= 11 is 7.40. The molecule has 1 aromatic heterocycles. The van der Waals surface area contributed by atoms with Gasteiger partial charge < -0.3 is 9.84 Å². The van der Waals surface area contributed by atoms with E-state index < -0.39 is 6.10 Å². The van der Waals surface area contributed by atoms with E-state index in [1.807, 2.05) is 38.1 Å². The van der Waals surface area contributed by atoms with Crippen LogP contribution in [0.2, 0.25) is 5.02 Å². The van der Waals surface area contributed by atoms with Crippen molar-refractivity contribution in [3.63, 3.8) is 0 Å². The minimum atomic E-state index is -0.687. The summed E-state index contributed by atoms with van der Waals surface area (Å²) in [6.45, 7) is 4.77. The van der Waals surface area contributed by atoms with E-state index in [9.17, 15) is 9.90 Å². The van der Waals surface area contributed by atoms with Gasteiger partial charge in [0.15, 0.2) is 5.16 Å². The summed E-state index contributed by atoms with van der Waals surface area (Å²) in [5.41, 5.74) is 1.63. The molecule has 2 aromatic carbocycles. The van der Waals surface area contributed by atoms with Gasteiger partial charge in [0.2, 0.25) is 0 Å². The second-order valence-electron chi connectivity index (χ2n) is 6.60. The molecule has 0 aliphatic heterocycles. The molecule has 148 valence electrons. The number of benzene rings is 2. The molecule has 0 unspecified atom stereocenters. The Kier molecular flexibility index (Phi) is 6.99. The molecule has 7 heteroatoms. The first kappa shape index (κ1) is 20.7. The molecular formula is C21H23ClN2O3S. The fourth-order valence-electron chi connectivity index (χ4n) is 2.75. The van der Waals surface area contributed by atoms with E-state index in [0.29, 0.717) is 33.4 Å². The average Bonchev–Trinajstić information content (AvgIpc) is 2.68. The van der Waals surface area contributed by atoms with Crippen molar-refractivity contribution in [3.05, 3.63) is 63.4 Å². The van der Waals surface area contributed by atoms with Gasteiger partial charge in [-0.3, -0.25) is 9.36 Å². The van der Waals surface area contributed by atoms with Crippen molar-refractivity contribution < 1.29 is 9.84 Å². The number of aliphatic hydroxyl groups excluding tert-OH is 1. The molecule has 28 heavy (non-hydrogen) atoms. The van der Waals surface area contributed by atoms with E-state index in [-0.39, 0.29) is 12.2 Å². The normalized spacial score (nSPS) is 12.3. The quantitative estimate of drug-likeness (QED) is 0.436. The lowest BCUT2D eigenvalue weighted by Crippen LogP contribution is -2.25. The molecule has 0 amide bonds. The Hall–Kier alpha value is -2.02. The summed E-state index contributed by atoms with van der Waals surface area (Å²) in [5.74, 6) is 1.09. The van der Waals surface area contributed by atoms with Gasteiger partial charge in [0.1, 0.15) is 12.4 Å². The highest BCUT2D eigenvalue weighted by Crippen LogP contribution is 2.21. The third-order valence-corrected chi connectivity index (χ3v) is 5.55. The van der Waals surface area contributed by atoms with Crippen molar-refractivity contribution >= 4 is 34.3 Å². The van der Waals surface area contributed by atoms with E-state index >= 15 is 0 Å². The number of rotatable bonds is 8. The van der Waals surface area contributed by atoms with Crippen LogP contribution < -0.4 is 10.3 Å². The first-order chi connectivity index (χ1) is 13.5. The van der Waals surface area contributed by atoms with Gasteiger partial charge in [-0.1, -0.05) is 48.0 Å². The maximum atomic E-state index is 12.8. The van der Waals surface area contributed by atoms with Crippen molar-refractivity contribution in [1.82, 2.24) is 9.55 Å². The summed E-state index contributed by atoms with van der Waals surface area (Å²) in [4.78, 5) is 17.4. The van der Waals surface area contributed by atoms with Crippen LogP contribution in [0.4, 0.5) is 0 Å². The zero-order chi connectivity index (χ0) is 20.1. The molecule has 0 bridgehead atoms. The lowest BCUT2D eigenvalue weighted by molar-refractivity contribution is 0.126. The van der Waals surface area contributed by atoms with Crippen LogP contribution in [-0.4, -0.2) is 33.1 Å². The molecule has 0 aliphatic carbocycles. The SMILES string of the molecule is CCCn1c(SC[C@H](O)COc2ccc(C)cc2)nc2cc(Cl)ccc2c1=O. The number of aromatic nitrogens is 2. The molecule has 3 rings (SSSR count). The molecular weight excluding hydrogens is 396 g/mol. The largest absolute Gasteiger partial charge is 0.491 e. The lowest BCUT2D eigenvalue weighted by Gasteiger charge is -2.15. The molecule has 0 aliphatic rings. The Morgan fingerprint density at radius 1 is 1.25 bits per heavy atom. The number of fused-ring (bicyclic) bond motifs is 1. The second-order valence-corrected chi connectivity index (χ2v) is 8.03. The van der Waals surface area contributed by atoms with Gasteiger partial charge in [-0.05, 0) is 43.7 Å². The Morgan fingerprint density at radius 3 is 2.71 bits per heavy atom. The van der Waals surface area contributed by atoms with Crippen LogP contribution in [0.15, 0.2) is 52.4 Å². The number of halogens is 1. The van der Waals surface area contributed by atoms with Crippen LogP contribution in [0.1, 0.15) is 18.9 Å².